The largest absolute Gasteiger partial charge is 0.416 e. The van der Waals surface area contributed by atoms with Gasteiger partial charge in [-0.1, -0.05) is 96.7 Å². The molecule has 1 aromatic heterocycles. The fourth-order valence-corrected chi connectivity index (χ4v) is 3.61. The molecule has 1 heterocycles. The number of aromatic nitrogens is 2. The van der Waals surface area contributed by atoms with E-state index in [1.54, 1.807) is 11.8 Å². The zero-order chi connectivity index (χ0) is 17.6. The Kier molecular flexibility index (Phi) is 5.12. The number of hydrogen-bond donors (Lipinski definition) is 0. The molecule has 0 radical (unpaired) electrons. The van der Waals surface area contributed by atoms with Crippen LogP contribution < -0.4 is 0 Å². The SMILES string of the molecule is c1ccc(Cc2nnc(SCc3ccccc3-c3ccccc3)o2)cc1. The van der Waals surface area contributed by atoms with Gasteiger partial charge in [-0.2, -0.15) is 0 Å². The van der Waals surface area contributed by atoms with Gasteiger partial charge in [-0.05, 0) is 22.3 Å². The Morgan fingerprint density at radius 1 is 0.731 bits per heavy atom. The summed E-state index contributed by atoms with van der Waals surface area (Å²) in [6.45, 7) is 0. The van der Waals surface area contributed by atoms with Crippen LogP contribution >= 0.6 is 11.8 Å². The van der Waals surface area contributed by atoms with Crippen LogP contribution in [-0.2, 0) is 12.2 Å². The average Bonchev–Trinajstić information content (AvgIpc) is 3.15. The minimum atomic E-state index is 0.610. The molecule has 4 rings (SSSR count). The summed E-state index contributed by atoms with van der Waals surface area (Å²) in [5, 5.41) is 8.95. The van der Waals surface area contributed by atoms with Crippen molar-refractivity contribution in [3.05, 3.63) is 102 Å². The van der Waals surface area contributed by atoms with E-state index in [1.165, 1.54) is 22.3 Å². The molecule has 4 heteroatoms. The molecule has 0 aliphatic rings. The average molecular weight is 358 g/mol. The summed E-state index contributed by atoms with van der Waals surface area (Å²) in [4.78, 5) is 0. The van der Waals surface area contributed by atoms with E-state index in [0.29, 0.717) is 17.5 Å². The Morgan fingerprint density at radius 3 is 2.23 bits per heavy atom. The third-order valence-electron chi connectivity index (χ3n) is 4.10. The van der Waals surface area contributed by atoms with E-state index in [-0.39, 0.29) is 0 Å². The topological polar surface area (TPSA) is 38.9 Å². The normalized spacial score (nSPS) is 10.8. The van der Waals surface area contributed by atoms with Crippen molar-refractivity contribution in [1.82, 2.24) is 10.2 Å². The van der Waals surface area contributed by atoms with Gasteiger partial charge >= 0.3 is 0 Å². The van der Waals surface area contributed by atoms with Gasteiger partial charge in [0.15, 0.2) is 0 Å². The first kappa shape index (κ1) is 16.6. The smallest absolute Gasteiger partial charge is 0.276 e. The summed E-state index contributed by atoms with van der Waals surface area (Å²) in [6, 6.07) is 29.0. The summed E-state index contributed by atoms with van der Waals surface area (Å²) in [5.74, 6) is 1.44. The van der Waals surface area contributed by atoms with E-state index in [9.17, 15) is 0 Å². The van der Waals surface area contributed by atoms with Crippen molar-refractivity contribution in [3.8, 4) is 11.1 Å². The van der Waals surface area contributed by atoms with Crippen molar-refractivity contribution in [2.24, 2.45) is 0 Å². The molecule has 0 fully saturated rings. The van der Waals surface area contributed by atoms with Gasteiger partial charge in [-0.15, -0.1) is 10.2 Å². The first-order chi connectivity index (χ1) is 12.9. The van der Waals surface area contributed by atoms with Crippen LogP contribution in [0.1, 0.15) is 17.0 Å². The van der Waals surface area contributed by atoms with E-state index in [2.05, 4.69) is 70.9 Å². The van der Waals surface area contributed by atoms with Crippen LogP contribution in [0.15, 0.2) is 94.6 Å². The van der Waals surface area contributed by atoms with Crippen LogP contribution in [0.2, 0.25) is 0 Å². The maximum absolute atomic E-state index is 5.80. The highest BCUT2D eigenvalue weighted by molar-refractivity contribution is 7.98. The molecule has 3 nitrogen and oxygen atoms in total. The van der Waals surface area contributed by atoms with Crippen molar-refractivity contribution < 1.29 is 4.42 Å². The molecule has 0 atom stereocenters. The van der Waals surface area contributed by atoms with Gasteiger partial charge in [0.1, 0.15) is 0 Å². The first-order valence-corrected chi connectivity index (χ1v) is 9.49. The number of thioether (sulfide) groups is 1. The van der Waals surface area contributed by atoms with Crippen molar-refractivity contribution in [2.75, 3.05) is 0 Å². The van der Waals surface area contributed by atoms with Crippen LogP contribution in [-0.4, -0.2) is 10.2 Å². The third kappa shape index (κ3) is 4.03. The van der Waals surface area contributed by atoms with Crippen LogP contribution in [0.5, 0.6) is 0 Å². The number of benzene rings is 3. The van der Waals surface area contributed by atoms with Crippen LogP contribution in [0, 0.1) is 0 Å². The fourth-order valence-electron chi connectivity index (χ4n) is 2.82. The summed E-state index contributed by atoms with van der Waals surface area (Å²) in [6.07, 6.45) is 0.662. The molecule has 0 saturated heterocycles. The van der Waals surface area contributed by atoms with Crippen LogP contribution in [0.3, 0.4) is 0 Å². The molecular weight excluding hydrogens is 340 g/mol. The second kappa shape index (κ2) is 8.02. The van der Waals surface area contributed by atoms with Gasteiger partial charge in [-0.25, -0.2) is 0 Å². The van der Waals surface area contributed by atoms with Crippen LogP contribution in [0.4, 0.5) is 0 Å². The lowest BCUT2D eigenvalue weighted by atomic mass is 10.0. The van der Waals surface area contributed by atoms with Crippen molar-refractivity contribution in [2.45, 2.75) is 17.4 Å². The molecule has 0 amide bonds. The molecule has 0 N–H and O–H groups in total. The lowest BCUT2D eigenvalue weighted by Gasteiger charge is -2.08. The molecule has 0 aliphatic heterocycles. The molecule has 0 saturated carbocycles. The molecule has 3 aromatic carbocycles. The summed E-state index contributed by atoms with van der Waals surface area (Å²) in [5.41, 5.74) is 4.89. The van der Waals surface area contributed by atoms with Gasteiger partial charge in [0.2, 0.25) is 5.89 Å². The van der Waals surface area contributed by atoms with Gasteiger partial charge < -0.3 is 4.42 Å². The second-order valence-corrected chi connectivity index (χ2v) is 6.86. The highest BCUT2D eigenvalue weighted by Gasteiger charge is 2.10. The number of rotatable bonds is 6. The molecule has 4 aromatic rings. The Bertz CT molecular complexity index is 968. The summed E-state index contributed by atoms with van der Waals surface area (Å²) in [7, 11) is 0. The quantitative estimate of drug-likeness (QED) is 0.419. The molecule has 0 bridgehead atoms. The van der Waals surface area contributed by atoms with E-state index in [1.807, 2.05) is 24.3 Å². The lowest BCUT2D eigenvalue weighted by Crippen LogP contribution is -1.87. The molecule has 0 spiro atoms. The Hall–Kier alpha value is -2.85. The molecule has 128 valence electrons. The minimum Gasteiger partial charge on any atom is -0.416 e. The highest BCUT2D eigenvalue weighted by atomic mass is 32.2. The van der Waals surface area contributed by atoms with Gasteiger partial charge in [-0.3, -0.25) is 0 Å². The Balaban J connectivity index is 1.45. The monoisotopic (exact) mass is 358 g/mol. The van der Waals surface area contributed by atoms with E-state index >= 15 is 0 Å². The maximum Gasteiger partial charge on any atom is 0.276 e. The predicted octanol–water partition coefficient (Wildman–Crippen LogP) is 5.62. The Morgan fingerprint density at radius 2 is 1.42 bits per heavy atom. The van der Waals surface area contributed by atoms with E-state index < -0.39 is 0 Å². The molecular formula is C22H18N2OS. The Labute approximate surface area is 157 Å². The lowest BCUT2D eigenvalue weighted by molar-refractivity contribution is 0.420. The number of nitrogens with zero attached hydrogens (tertiary/aromatic N) is 2. The molecule has 0 unspecified atom stereocenters. The summed E-state index contributed by atoms with van der Waals surface area (Å²) >= 11 is 1.57. The minimum absolute atomic E-state index is 0.610. The fraction of sp³-hybridized carbons (Fsp3) is 0.0909. The van der Waals surface area contributed by atoms with Gasteiger partial charge in [0, 0.05) is 5.75 Å². The highest BCUT2D eigenvalue weighted by Crippen LogP contribution is 2.29. The molecule has 26 heavy (non-hydrogen) atoms. The van der Waals surface area contributed by atoms with Crippen molar-refractivity contribution >= 4 is 11.8 Å². The summed E-state index contributed by atoms with van der Waals surface area (Å²) < 4.78 is 5.80. The van der Waals surface area contributed by atoms with Crippen molar-refractivity contribution in [3.63, 3.8) is 0 Å². The number of hydrogen-bond acceptors (Lipinski definition) is 4. The van der Waals surface area contributed by atoms with E-state index in [0.717, 1.165) is 5.75 Å². The first-order valence-electron chi connectivity index (χ1n) is 8.51. The second-order valence-electron chi connectivity index (χ2n) is 5.94. The standard InChI is InChI=1S/C22H18N2OS/c1-3-9-17(10-4-1)15-21-23-24-22(25-21)26-16-19-13-7-8-14-20(19)18-11-5-2-6-12-18/h1-14H,15-16H2. The third-order valence-corrected chi connectivity index (χ3v) is 4.97. The maximum atomic E-state index is 5.80. The molecule has 0 aliphatic carbocycles. The van der Waals surface area contributed by atoms with Gasteiger partial charge in [0.05, 0.1) is 6.42 Å². The van der Waals surface area contributed by atoms with E-state index in [4.69, 9.17) is 4.42 Å². The zero-order valence-corrected chi connectivity index (χ0v) is 15.0. The van der Waals surface area contributed by atoms with Crippen LogP contribution in [0.25, 0.3) is 11.1 Å². The van der Waals surface area contributed by atoms with Gasteiger partial charge in [0.25, 0.3) is 5.22 Å². The predicted molar refractivity (Wildman–Crippen MR) is 105 cm³/mol. The zero-order valence-electron chi connectivity index (χ0n) is 14.2. The van der Waals surface area contributed by atoms with Crippen molar-refractivity contribution in [1.29, 1.82) is 0 Å².